The molecule has 1 aliphatic heterocycles. The lowest BCUT2D eigenvalue weighted by Crippen LogP contribution is -2.43. The van der Waals surface area contributed by atoms with E-state index in [0.29, 0.717) is 0 Å². The van der Waals surface area contributed by atoms with Gasteiger partial charge in [0.05, 0.1) is 12.0 Å². The Bertz CT molecular complexity index is 272. The van der Waals surface area contributed by atoms with Crippen molar-refractivity contribution in [2.75, 3.05) is 6.61 Å². The summed E-state index contributed by atoms with van der Waals surface area (Å²) in [6.07, 6.45) is 9.64. The van der Waals surface area contributed by atoms with Crippen LogP contribution in [0, 0.1) is 11.3 Å². The highest BCUT2D eigenvalue weighted by Gasteiger charge is 2.47. The van der Waals surface area contributed by atoms with Crippen molar-refractivity contribution in [3.8, 4) is 0 Å². The zero-order valence-corrected chi connectivity index (χ0v) is 10.5. The normalized spacial score (nSPS) is 41.2. The summed E-state index contributed by atoms with van der Waals surface area (Å²) in [5.41, 5.74) is -0.143. The van der Waals surface area contributed by atoms with Crippen LogP contribution >= 0.6 is 0 Å². The summed E-state index contributed by atoms with van der Waals surface area (Å²) in [7, 11) is 0. The molecule has 4 fully saturated rings. The first-order valence-corrected chi connectivity index (χ1v) is 7.11. The van der Waals surface area contributed by atoms with Crippen LogP contribution in [-0.2, 0) is 14.3 Å². The SMILES string of the molecule is O=C(OC1CCCCO1)C12CCC(CC1)CC2. The summed E-state index contributed by atoms with van der Waals surface area (Å²) in [6, 6.07) is 0. The zero-order chi connectivity index (χ0) is 11.7. The molecule has 0 aromatic rings. The van der Waals surface area contributed by atoms with E-state index in [2.05, 4.69) is 0 Å². The van der Waals surface area contributed by atoms with E-state index in [9.17, 15) is 4.79 Å². The van der Waals surface area contributed by atoms with Gasteiger partial charge in [0, 0.05) is 6.42 Å². The molecular weight excluding hydrogens is 216 g/mol. The smallest absolute Gasteiger partial charge is 0.314 e. The maximum atomic E-state index is 12.3. The van der Waals surface area contributed by atoms with Crippen molar-refractivity contribution in [1.29, 1.82) is 0 Å². The molecule has 3 saturated carbocycles. The number of carbonyl (C=O) groups excluding carboxylic acids is 1. The number of carbonyl (C=O) groups is 1. The minimum absolute atomic E-state index is 0.0301. The lowest BCUT2D eigenvalue weighted by Gasteiger charge is -2.44. The molecule has 1 atom stereocenters. The lowest BCUT2D eigenvalue weighted by atomic mass is 9.61. The first-order chi connectivity index (χ1) is 8.28. The first-order valence-electron chi connectivity index (χ1n) is 7.11. The Morgan fingerprint density at radius 2 is 1.76 bits per heavy atom. The molecule has 0 N–H and O–H groups in total. The molecule has 0 amide bonds. The van der Waals surface area contributed by atoms with Crippen LogP contribution in [0.15, 0.2) is 0 Å². The van der Waals surface area contributed by atoms with Crippen molar-refractivity contribution in [1.82, 2.24) is 0 Å². The third-order valence-electron chi connectivity index (χ3n) is 4.90. The van der Waals surface area contributed by atoms with Gasteiger partial charge in [0.15, 0.2) is 0 Å². The van der Waals surface area contributed by atoms with Gasteiger partial charge in [-0.3, -0.25) is 4.79 Å². The molecule has 0 spiro atoms. The van der Waals surface area contributed by atoms with Crippen molar-refractivity contribution in [3.05, 3.63) is 0 Å². The molecule has 1 heterocycles. The van der Waals surface area contributed by atoms with Crippen molar-refractivity contribution < 1.29 is 14.3 Å². The van der Waals surface area contributed by atoms with Gasteiger partial charge in [0.1, 0.15) is 0 Å². The Morgan fingerprint density at radius 3 is 2.35 bits per heavy atom. The minimum Gasteiger partial charge on any atom is -0.435 e. The second-order valence-corrected chi connectivity index (χ2v) is 5.96. The molecule has 0 aromatic heterocycles. The second-order valence-electron chi connectivity index (χ2n) is 5.96. The van der Waals surface area contributed by atoms with Gasteiger partial charge in [-0.25, -0.2) is 0 Å². The van der Waals surface area contributed by atoms with Crippen LogP contribution in [0.4, 0.5) is 0 Å². The summed E-state index contributed by atoms with van der Waals surface area (Å²) in [5, 5.41) is 0. The highest BCUT2D eigenvalue weighted by molar-refractivity contribution is 5.77. The molecule has 1 saturated heterocycles. The highest BCUT2D eigenvalue weighted by atomic mass is 16.7. The Labute approximate surface area is 103 Å². The number of esters is 1. The third kappa shape index (κ3) is 2.22. The van der Waals surface area contributed by atoms with E-state index in [1.165, 1.54) is 19.3 Å². The van der Waals surface area contributed by atoms with E-state index in [1.54, 1.807) is 0 Å². The molecular formula is C14H22O3. The number of hydrogen-bond acceptors (Lipinski definition) is 3. The molecule has 3 heteroatoms. The Kier molecular flexibility index (Phi) is 3.12. The molecule has 4 aliphatic rings. The van der Waals surface area contributed by atoms with Crippen molar-refractivity contribution in [3.63, 3.8) is 0 Å². The van der Waals surface area contributed by atoms with Crippen LogP contribution in [0.2, 0.25) is 0 Å². The van der Waals surface area contributed by atoms with E-state index >= 15 is 0 Å². The van der Waals surface area contributed by atoms with Gasteiger partial charge >= 0.3 is 5.97 Å². The predicted molar refractivity (Wildman–Crippen MR) is 63.3 cm³/mol. The predicted octanol–water partition coefficient (Wildman–Crippen LogP) is 3.03. The number of rotatable bonds is 2. The summed E-state index contributed by atoms with van der Waals surface area (Å²) >= 11 is 0. The van der Waals surface area contributed by atoms with Crippen LogP contribution in [0.5, 0.6) is 0 Å². The largest absolute Gasteiger partial charge is 0.435 e. The first kappa shape index (κ1) is 11.5. The van der Waals surface area contributed by atoms with Gasteiger partial charge in [-0.2, -0.15) is 0 Å². The quantitative estimate of drug-likeness (QED) is 0.694. The number of hydrogen-bond donors (Lipinski definition) is 0. The van der Waals surface area contributed by atoms with Crippen molar-refractivity contribution in [2.45, 2.75) is 64.1 Å². The molecule has 4 rings (SSSR count). The Morgan fingerprint density at radius 1 is 1.06 bits per heavy atom. The van der Waals surface area contributed by atoms with Gasteiger partial charge in [-0.15, -0.1) is 0 Å². The molecule has 0 radical (unpaired) electrons. The Hall–Kier alpha value is -0.570. The van der Waals surface area contributed by atoms with E-state index in [4.69, 9.17) is 9.47 Å². The molecule has 1 unspecified atom stereocenters. The van der Waals surface area contributed by atoms with E-state index in [0.717, 1.165) is 51.0 Å². The van der Waals surface area contributed by atoms with Crippen LogP contribution < -0.4 is 0 Å². The summed E-state index contributed by atoms with van der Waals surface area (Å²) in [5.74, 6) is 0.915. The third-order valence-corrected chi connectivity index (χ3v) is 4.90. The Balaban J connectivity index is 1.60. The van der Waals surface area contributed by atoms with Crippen LogP contribution in [0.25, 0.3) is 0 Å². The molecule has 96 valence electrons. The van der Waals surface area contributed by atoms with E-state index in [1.807, 2.05) is 0 Å². The van der Waals surface area contributed by atoms with Crippen molar-refractivity contribution >= 4 is 5.97 Å². The zero-order valence-electron chi connectivity index (χ0n) is 10.5. The molecule has 0 aromatic carbocycles. The fraction of sp³-hybridized carbons (Fsp3) is 0.929. The average molecular weight is 238 g/mol. The molecule has 2 bridgehead atoms. The summed E-state index contributed by atoms with van der Waals surface area (Å²) < 4.78 is 11.1. The highest BCUT2D eigenvalue weighted by Crippen LogP contribution is 2.51. The monoisotopic (exact) mass is 238 g/mol. The second kappa shape index (κ2) is 4.60. The van der Waals surface area contributed by atoms with E-state index in [-0.39, 0.29) is 17.7 Å². The molecule has 17 heavy (non-hydrogen) atoms. The van der Waals surface area contributed by atoms with Gasteiger partial charge < -0.3 is 9.47 Å². The number of fused-ring (bicyclic) bond motifs is 3. The lowest BCUT2D eigenvalue weighted by molar-refractivity contribution is -0.202. The fourth-order valence-corrected chi connectivity index (χ4v) is 3.60. The average Bonchev–Trinajstić information content (AvgIpc) is 2.42. The van der Waals surface area contributed by atoms with Crippen LogP contribution in [0.3, 0.4) is 0 Å². The standard InChI is InChI=1S/C14H22O3/c15-13(17-12-3-1-2-10-16-12)14-7-4-11(5-8-14)6-9-14/h11-12H,1-10H2. The summed E-state index contributed by atoms with van der Waals surface area (Å²) in [4.78, 5) is 12.3. The van der Waals surface area contributed by atoms with E-state index < -0.39 is 0 Å². The fourth-order valence-electron chi connectivity index (χ4n) is 3.60. The maximum absolute atomic E-state index is 12.3. The van der Waals surface area contributed by atoms with Gasteiger partial charge in [-0.05, 0) is 57.3 Å². The van der Waals surface area contributed by atoms with Crippen LogP contribution in [0.1, 0.15) is 57.8 Å². The molecule has 3 aliphatic carbocycles. The van der Waals surface area contributed by atoms with Crippen molar-refractivity contribution in [2.24, 2.45) is 11.3 Å². The van der Waals surface area contributed by atoms with Gasteiger partial charge in [0.2, 0.25) is 6.29 Å². The van der Waals surface area contributed by atoms with Gasteiger partial charge in [-0.1, -0.05) is 0 Å². The number of ether oxygens (including phenoxy) is 2. The topological polar surface area (TPSA) is 35.5 Å². The summed E-state index contributed by atoms with van der Waals surface area (Å²) in [6.45, 7) is 0.743. The maximum Gasteiger partial charge on any atom is 0.314 e. The van der Waals surface area contributed by atoms with Crippen LogP contribution in [-0.4, -0.2) is 18.9 Å². The minimum atomic E-state index is -0.259. The molecule has 3 nitrogen and oxygen atoms in total. The van der Waals surface area contributed by atoms with Gasteiger partial charge in [0.25, 0.3) is 0 Å².